The average Bonchev–Trinajstić information content (AvgIpc) is 2.94. The van der Waals surface area contributed by atoms with Crippen molar-refractivity contribution < 1.29 is 33.9 Å². The molecule has 208 valence electrons. The van der Waals surface area contributed by atoms with Gasteiger partial charge in [-0.25, -0.2) is 4.39 Å². The van der Waals surface area contributed by atoms with Gasteiger partial charge in [0.1, 0.15) is 17.3 Å². The molecule has 0 amide bonds. The Morgan fingerprint density at radius 1 is 0.775 bits per heavy atom. The van der Waals surface area contributed by atoms with Gasteiger partial charge in [-0.15, -0.1) is 0 Å². The lowest BCUT2D eigenvalue weighted by Crippen LogP contribution is -2.46. The Bertz CT molecular complexity index is 1360. The van der Waals surface area contributed by atoms with Crippen molar-refractivity contribution in [3.63, 3.8) is 0 Å². The number of rotatable bonds is 10. The van der Waals surface area contributed by atoms with Gasteiger partial charge < -0.3 is 29.5 Å². The number of halogens is 1. The van der Waals surface area contributed by atoms with E-state index in [1.165, 1.54) is 24.3 Å². The maximum atomic E-state index is 13.3. The Kier molecular flexibility index (Phi) is 8.77. The predicted octanol–water partition coefficient (Wildman–Crippen LogP) is 5.95. The minimum absolute atomic E-state index is 0.00739. The maximum Gasteiger partial charge on any atom is 0.202 e. The van der Waals surface area contributed by atoms with Crippen LogP contribution in [0, 0.1) is 5.82 Å². The molecule has 3 N–H and O–H groups in total. The lowest BCUT2D eigenvalue weighted by Gasteiger charge is -2.41. The third-order valence-corrected chi connectivity index (χ3v) is 7.00. The molecule has 0 aliphatic carbocycles. The van der Waals surface area contributed by atoms with Crippen LogP contribution in [0.5, 0.6) is 11.5 Å². The van der Waals surface area contributed by atoms with Gasteiger partial charge >= 0.3 is 0 Å². The number of phenolic OH excluding ortho intramolecular Hbond substituents is 2. The Balaban J connectivity index is 1.35. The first-order valence-electron chi connectivity index (χ1n) is 13.3. The molecule has 6 nitrogen and oxygen atoms in total. The fourth-order valence-electron chi connectivity index (χ4n) is 5.13. The van der Waals surface area contributed by atoms with Crippen LogP contribution >= 0.6 is 0 Å². The van der Waals surface area contributed by atoms with Crippen molar-refractivity contribution in [3.05, 3.63) is 131 Å². The molecule has 1 saturated heterocycles. The first-order valence-corrected chi connectivity index (χ1v) is 13.3. The zero-order chi connectivity index (χ0) is 28.0. The van der Waals surface area contributed by atoms with Crippen LogP contribution in [0.3, 0.4) is 0 Å². The second kappa shape index (κ2) is 12.6. The van der Waals surface area contributed by atoms with Crippen molar-refractivity contribution >= 4 is 0 Å². The molecule has 1 aliphatic rings. The van der Waals surface area contributed by atoms with Crippen LogP contribution in [-0.2, 0) is 39.6 Å². The molecule has 4 aromatic rings. The van der Waals surface area contributed by atoms with Crippen molar-refractivity contribution in [1.82, 2.24) is 0 Å². The van der Waals surface area contributed by atoms with E-state index in [2.05, 4.69) is 0 Å². The molecule has 40 heavy (non-hydrogen) atoms. The van der Waals surface area contributed by atoms with E-state index < -0.39 is 18.0 Å². The Morgan fingerprint density at radius 3 is 2.00 bits per heavy atom. The van der Waals surface area contributed by atoms with Gasteiger partial charge in [-0.1, -0.05) is 72.8 Å². The van der Waals surface area contributed by atoms with Crippen LogP contribution in [0.15, 0.2) is 97.1 Å². The highest BCUT2D eigenvalue weighted by Crippen LogP contribution is 2.45. The molecule has 1 aliphatic heterocycles. The van der Waals surface area contributed by atoms with Crippen molar-refractivity contribution in [2.24, 2.45) is 0 Å². The number of phenols is 2. The number of aliphatic hydroxyl groups is 1. The molecule has 0 saturated carbocycles. The standard InChI is InChI=1S/C33H33FO6/c34-27-13-11-23(12-14-27)15-26-16-30(35)32(31(36)17-26)33(37)19-28(39-21-25-9-5-2-6-10-25)18-29(40-33)22-38-20-24-7-3-1-4-8-24/h1-14,16-17,28-29,35-37H,15,18-22H2/t28-,29-,33+/m0/s1. The third kappa shape index (κ3) is 7.06. The van der Waals surface area contributed by atoms with Crippen LogP contribution in [-0.4, -0.2) is 34.1 Å². The van der Waals surface area contributed by atoms with E-state index in [4.69, 9.17) is 14.2 Å². The molecular formula is C33H33FO6. The van der Waals surface area contributed by atoms with Crippen molar-refractivity contribution in [2.45, 2.75) is 50.5 Å². The number of hydrogen-bond donors (Lipinski definition) is 3. The smallest absolute Gasteiger partial charge is 0.202 e. The van der Waals surface area contributed by atoms with E-state index in [1.54, 1.807) is 12.1 Å². The molecule has 0 bridgehead atoms. The minimum atomic E-state index is -2.01. The molecule has 1 fully saturated rings. The third-order valence-electron chi connectivity index (χ3n) is 7.00. The highest BCUT2D eigenvalue weighted by molar-refractivity contribution is 5.50. The number of ether oxygens (including phenoxy) is 3. The van der Waals surface area contributed by atoms with Gasteiger partial charge in [0.15, 0.2) is 0 Å². The summed E-state index contributed by atoms with van der Waals surface area (Å²) in [5.41, 5.74) is 3.30. The van der Waals surface area contributed by atoms with Crippen LogP contribution in [0.2, 0.25) is 0 Å². The molecule has 5 rings (SSSR count). The summed E-state index contributed by atoms with van der Waals surface area (Å²) < 4.78 is 31.5. The van der Waals surface area contributed by atoms with Crippen LogP contribution in [0.25, 0.3) is 0 Å². The second-order valence-electron chi connectivity index (χ2n) is 10.2. The average molecular weight is 545 g/mol. The fourth-order valence-corrected chi connectivity index (χ4v) is 5.13. The quantitative estimate of drug-likeness (QED) is 0.229. The lowest BCUT2D eigenvalue weighted by molar-refractivity contribution is -0.294. The summed E-state index contributed by atoms with van der Waals surface area (Å²) in [6.07, 6.45) is -0.149. The van der Waals surface area contributed by atoms with Gasteiger partial charge in [0, 0.05) is 12.8 Å². The van der Waals surface area contributed by atoms with E-state index >= 15 is 0 Å². The molecule has 1 heterocycles. The first kappa shape index (κ1) is 27.8. The fraction of sp³-hybridized carbons (Fsp3) is 0.273. The minimum Gasteiger partial charge on any atom is -0.507 e. The Hall–Kier alpha value is -3.75. The first-order chi connectivity index (χ1) is 19.4. The Morgan fingerprint density at radius 2 is 1.38 bits per heavy atom. The molecule has 0 spiro atoms. The molecule has 7 heteroatoms. The predicted molar refractivity (Wildman–Crippen MR) is 148 cm³/mol. The summed E-state index contributed by atoms with van der Waals surface area (Å²) in [7, 11) is 0. The Labute approximate surface area is 233 Å². The van der Waals surface area contributed by atoms with Crippen LogP contribution in [0.4, 0.5) is 4.39 Å². The van der Waals surface area contributed by atoms with Crippen molar-refractivity contribution in [2.75, 3.05) is 6.61 Å². The van der Waals surface area contributed by atoms with Crippen LogP contribution in [0.1, 0.15) is 40.7 Å². The van der Waals surface area contributed by atoms with E-state index in [-0.39, 0.29) is 35.9 Å². The van der Waals surface area contributed by atoms with Gasteiger partial charge in [0.2, 0.25) is 5.79 Å². The largest absolute Gasteiger partial charge is 0.507 e. The second-order valence-corrected chi connectivity index (χ2v) is 10.2. The SMILES string of the molecule is Oc1cc(Cc2ccc(F)cc2)cc(O)c1[C@@]1(O)C[C@@H](OCc2ccccc2)C[C@@H](COCc2ccccc2)O1. The molecule has 0 aromatic heterocycles. The summed E-state index contributed by atoms with van der Waals surface area (Å²) in [5, 5.41) is 33.7. The zero-order valence-electron chi connectivity index (χ0n) is 22.1. The summed E-state index contributed by atoms with van der Waals surface area (Å²) in [6, 6.07) is 28.4. The van der Waals surface area contributed by atoms with Gasteiger partial charge in [-0.2, -0.15) is 0 Å². The molecule has 0 unspecified atom stereocenters. The van der Waals surface area contributed by atoms with E-state index in [1.807, 2.05) is 60.7 Å². The molecular weight excluding hydrogens is 511 g/mol. The van der Waals surface area contributed by atoms with Gasteiger partial charge in [0.05, 0.1) is 37.6 Å². The van der Waals surface area contributed by atoms with Gasteiger partial charge in [0.25, 0.3) is 0 Å². The summed E-state index contributed by atoms with van der Waals surface area (Å²) in [6.45, 7) is 0.906. The van der Waals surface area contributed by atoms with Gasteiger partial charge in [-0.3, -0.25) is 0 Å². The summed E-state index contributed by atoms with van der Waals surface area (Å²) >= 11 is 0. The summed E-state index contributed by atoms with van der Waals surface area (Å²) in [5.74, 6) is -2.95. The highest BCUT2D eigenvalue weighted by Gasteiger charge is 2.45. The number of benzene rings is 4. The topological polar surface area (TPSA) is 88.4 Å². The van der Waals surface area contributed by atoms with Gasteiger partial charge in [-0.05, 0) is 52.9 Å². The van der Waals surface area contributed by atoms with Crippen molar-refractivity contribution in [1.29, 1.82) is 0 Å². The number of aromatic hydroxyl groups is 2. The van der Waals surface area contributed by atoms with E-state index in [9.17, 15) is 19.7 Å². The monoisotopic (exact) mass is 544 g/mol. The molecule has 0 radical (unpaired) electrons. The number of hydrogen-bond acceptors (Lipinski definition) is 6. The zero-order valence-corrected chi connectivity index (χ0v) is 22.1. The van der Waals surface area contributed by atoms with Crippen molar-refractivity contribution in [3.8, 4) is 11.5 Å². The highest BCUT2D eigenvalue weighted by atomic mass is 19.1. The van der Waals surface area contributed by atoms with Crippen LogP contribution < -0.4 is 0 Å². The van der Waals surface area contributed by atoms with E-state index in [0.717, 1.165) is 16.7 Å². The maximum absolute atomic E-state index is 13.3. The molecule has 3 atom stereocenters. The lowest BCUT2D eigenvalue weighted by atomic mass is 9.90. The molecule has 4 aromatic carbocycles. The summed E-state index contributed by atoms with van der Waals surface area (Å²) in [4.78, 5) is 0. The normalized spacial score (nSPS) is 20.9. The van der Waals surface area contributed by atoms with E-state index in [0.29, 0.717) is 31.6 Å².